The van der Waals surface area contributed by atoms with Gasteiger partial charge in [0.1, 0.15) is 12.4 Å². The minimum atomic E-state index is -1.05. The minimum absolute atomic E-state index is 0.268. The van der Waals surface area contributed by atoms with E-state index in [0.717, 1.165) is 27.8 Å². The SMILES string of the molecule is O=C(O)NCCOCCOCCOc1ccc(-c2ccc3ncccc3c2)cc1. The van der Waals surface area contributed by atoms with E-state index >= 15 is 0 Å². The first-order valence-corrected chi connectivity index (χ1v) is 9.43. The van der Waals surface area contributed by atoms with Crippen molar-refractivity contribution >= 4 is 17.0 Å². The largest absolute Gasteiger partial charge is 0.491 e. The molecule has 2 N–H and O–H groups in total. The van der Waals surface area contributed by atoms with Crippen LogP contribution in [0.25, 0.3) is 22.0 Å². The van der Waals surface area contributed by atoms with E-state index in [4.69, 9.17) is 19.3 Å². The number of fused-ring (bicyclic) bond motifs is 1. The molecule has 0 fully saturated rings. The number of nitrogens with zero attached hydrogens (tertiary/aromatic N) is 1. The van der Waals surface area contributed by atoms with Gasteiger partial charge in [-0.2, -0.15) is 0 Å². The van der Waals surface area contributed by atoms with Crippen LogP contribution in [0.5, 0.6) is 5.75 Å². The molecule has 0 saturated heterocycles. The molecule has 1 heterocycles. The first kappa shape index (κ1) is 20.6. The monoisotopic (exact) mass is 396 g/mol. The number of rotatable bonds is 11. The number of carbonyl (C=O) groups is 1. The summed E-state index contributed by atoms with van der Waals surface area (Å²) >= 11 is 0. The summed E-state index contributed by atoms with van der Waals surface area (Å²) in [6.07, 6.45) is 0.745. The zero-order valence-corrected chi connectivity index (χ0v) is 16.0. The molecule has 0 saturated carbocycles. The molecule has 0 atom stereocenters. The van der Waals surface area contributed by atoms with Gasteiger partial charge in [0, 0.05) is 18.1 Å². The molecule has 0 radical (unpaired) electrons. The Hall–Kier alpha value is -3.16. The lowest BCUT2D eigenvalue weighted by Crippen LogP contribution is -2.25. The Morgan fingerprint density at radius 2 is 1.62 bits per heavy atom. The van der Waals surface area contributed by atoms with Crippen LogP contribution < -0.4 is 10.1 Å². The fourth-order valence-corrected chi connectivity index (χ4v) is 2.77. The lowest BCUT2D eigenvalue weighted by Gasteiger charge is -2.09. The fraction of sp³-hybridized carbons (Fsp3) is 0.273. The second-order valence-corrected chi connectivity index (χ2v) is 6.24. The second-order valence-electron chi connectivity index (χ2n) is 6.24. The maximum absolute atomic E-state index is 10.3. The van der Waals surface area contributed by atoms with Gasteiger partial charge < -0.3 is 24.6 Å². The number of hydrogen-bond acceptors (Lipinski definition) is 5. The zero-order chi connectivity index (χ0) is 20.3. The Balaban J connectivity index is 1.35. The molecule has 0 aliphatic heterocycles. The second kappa shape index (κ2) is 11.0. The van der Waals surface area contributed by atoms with Gasteiger partial charge in [0.2, 0.25) is 0 Å². The van der Waals surface area contributed by atoms with Gasteiger partial charge in [-0.05, 0) is 41.5 Å². The summed E-state index contributed by atoms with van der Waals surface area (Å²) in [6.45, 7) is 2.35. The quantitative estimate of drug-likeness (QED) is 0.482. The summed E-state index contributed by atoms with van der Waals surface area (Å²) in [7, 11) is 0. The normalized spacial score (nSPS) is 10.8. The van der Waals surface area contributed by atoms with Crippen molar-refractivity contribution < 1.29 is 24.1 Å². The Morgan fingerprint density at radius 1 is 0.897 bits per heavy atom. The topological polar surface area (TPSA) is 89.9 Å². The Bertz CT molecular complexity index is 914. The summed E-state index contributed by atoms with van der Waals surface area (Å²) in [5.41, 5.74) is 3.24. The van der Waals surface area contributed by atoms with Crippen LogP contribution >= 0.6 is 0 Å². The predicted molar refractivity (Wildman–Crippen MR) is 110 cm³/mol. The fourth-order valence-electron chi connectivity index (χ4n) is 2.77. The maximum Gasteiger partial charge on any atom is 0.404 e. The van der Waals surface area contributed by atoms with Gasteiger partial charge in [0.15, 0.2) is 0 Å². The molecule has 0 aliphatic carbocycles. The smallest absolute Gasteiger partial charge is 0.404 e. The highest BCUT2D eigenvalue weighted by Gasteiger charge is 2.02. The Kier molecular flexibility index (Phi) is 7.80. The van der Waals surface area contributed by atoms with Crippen LogP contribution in [0.1, 0.15) is 0 Å². The van der Waals surface area contributed by atoms with E-state index in [0.29, 0.717) is 33.0 Å². The van der Waals surface area contributed by atoms with Crippen LogP contribution in [-0.4, -0.2) is 55.8 Å². The molecule has 29 heavy (non-hydrogen) atoms. The summed E-state index contributed by atoms with van der Waals surface area (Å²) in [5.74, 6) is 0.788. The van der Waals surface area contributed by atoms with Gasteiger partial charge in [-0.15, -0.1) is 0 Å². The summed E-state index contributed by atoms with van der Waals surface area (Å²) in [6, 6.07) is 18.2. The zero-order valence-electron chi connectivity index (χ0n) is 16.0. The molecule has 0 aliphatic rings. The molecule has 3 rings (SSSR count). The maximum atomic E-state index is 10.3. The van der Waals surface area contributed by atoms with E-state index < -0.39 is 6.09 Å². The molecule has 1 amide bonds. The predicted octanol–water partition coefficient (Wildman–Crippen LogP) is 3.58. The molecular weight excluding hydrogens is 372 g/mol. The van der Waals surface area contributed by atoms with Gasteiger partial charge in [0.25, 0.3) is 0 Å². The highest BCUT2D eigenvalue weighted by Crippen LogP contribution is 2.25. The van der Waals surface area contributed by atoms with Crippen molar-refractivity contribution in [3.63, 3.8) is 0 Å². The molecule has 0 bridgehead atoms. The van der Waals surface area contributed by atoms with Crippen molar-refractivity contribution in [1.82, 2.24) is 10.3 Å². The van der Waals surface area contributed by atoms with Crippen LogP contribution in [-0.2, 0) is 9.47 Å². The number of amides is 1. The lowest BCUT2D eigenvalue weighted by molar-refractivity contribution is 0.0373. The highest BCUT2D eigenvalue weighted by molar-refractivity contribution is 5.84. The molecule has 2 aromatic carbocycles. The van der Waals surface area contributed by atoms with Gasteiger partial charge >= 0.3 is 6.09 Å². The number of nitrogens with one attached hydrogen (secondary N) is 1. The van der Waals surface area contributed by atoms with Crippen molar-refractivity contribution in [1.29, 1.82) is 0 Å². The van der Waals surface area contributed by atoms with Gasteiger partial charge in [-0.3, -0.25) is 4.98 Å². The lowest BCUT2D eigenvalue weighted by atomic mass is 10.0. The highest BCUT2D eigenvalue weighted by atomic mass is 16.5. The summed E-state index contributed by atoms with van der Waals surface area (Å²) in [5, 5.41) is 11.8. The molecule has 1 aromatic heterocycles. The van der Waals surface area contributed by atoms with Crippen LogP contribution in [0.4, 0.5) is 4.79 Å². The molecule has 152 valence electrons. The third kappa shape index (κ3) is 6.74. The van der Waals surface area contributed by atoms with Crippen LogP contribution in [0, 0.1) is 0 Å². The van der Waals surface area contributed by atoms with Crippen molar-refractivity contribution in [3.05, 3.63) is 60.8 Å². The van der Waals surface area contributed by atoms with Crippen molar-refractivity contribution in [3.8, 4) is 16.9 Å². The molecule has 0 spiro atoms. The van der Waals surface area contributed by atoms with E-state index in [-0.39, 0.29) is 6.54 Å². The van der Waals surface area contributed by atoms with E-state index in [1.54, 1.807) is 6.20 Å². The van der Waals surface area contributed by atoms with E-state index in [1.807, 2.05) is 36.4 Å². The van der Waals surface area contributed by atoms with E-state index in [9.17, 15) is 4.79 Å². The molecule has 3 aromatic rings. The summed E-state index contributed by atoms with van der Waals surface area (Å²) < 4.78 is 16.3. The van der Waals surface area contributed by atoms with Gasteiger partial charge in [-0.25, -0.2) is 4.79 Å². The van der Waals surface area contributed by atoms with Gasteiger partial charge in [0.05, 0.1) is 31.9 Å². The molecule has 7 heteroatoms. The summed E-state index contributed by atoms with van der Waals surface area (Å²) in [4.78, 5) is 14.6. The Morgan fingerprint density at radius 3 is 2.41 bits per heavy atom. The number of benzene rings is 2. The number of carboxylic acid groups (broad SMARTS) is 1. The minimum Gasteiger partial charge on any atom is -0.491 e. The van der Waals surface area contributed by atoms with Crippen molar-refractivity contribution in [2.45, 2.75) is 0 Å². The first-order valence-electron chi connectivity index (χ1n) is 9.43. The van der Waals surface area contributed by atoms with Crippen LogP contribution in [0.3, 0.4) is 0 Å². The number of pyridine rings is 1. The van der Waals surface area contributed by atoms with Crippen molar-refractivity contribution in [2.24, 2.45) is 0 Å². The average molecular weight is 396 g/mol. The molecular formula is C22H24N2O5. The van der Waals surface area contributed by atoms with E-state index in [1.165, 1.54) is 0 Å². The van der Waals surface area contributed by atoms with Crippen LogP contribution in [0.15, 0.2) is 60.8 Å². The Labute approximate surface area is 169 Å². The number of ether oxygens (including phenoxy) is 3. The standard InChI is InChI=1S/C22H24N2O5/c25-22(26)24-10-11-27-12-13-28-14-15-29-20-6-3-17(4-7-20)18-5-8-21-19(16-18)2-1-9-23-21/h1-9,16,24H,10-15H2,(H,25,26). The van der Waals surface area contributed by atoms with E-state index in [2.05, 4.69) is 28.5 Å². The average Bonchev–Trinajstić information content (AvgIpc) is 2.75. The van der Waals surface area contributed by atoms with Gasteiger partial charge in [-0.1, -0.05) is 24.3 Å². The van der Waals surface area contributed by atoms with Crippen LogP contribution in [0.2, 0.25) is 0 Å². The molecule has 7 nitrogen and oxygen atoms in total. The third-order valence-corrected chi connectivity index (χ3v) is 4.18. The third-order valence-electron chi connectivity index (χ3n) is 4.18. The number of hydrogen-bond donors (Lipinski definition) is 2. The molecule has 0 unspecified atom stereocenters. The first-order chi connectivity index (χ1) is 14.2. The van der Waals surface area contributed by atoms with Crippen molar-refractivity contribution in [2.75, 3.05) is 39.6 Å². The number of aromatic nitrogens is 1.